The van der Waals surface area contributed by atoms with Gasteiger partial charge in [-0.3, -0.25) is 14.9 Å². The number of benzene rings is 2. The summed E-state index contributed by atoms with van der Waals surface area (Å²) in [6.45, 7) is 1.73. The fourth-order valence-corrected chi connectivity index (χ4v) is 2.95. The van der Waals surface area contributed by atoms with Gasteiger partial charge >= 0.3 is 0 Å². The molecule has 6 nitrogen and oxygen atoms in total. The number of carbonyl (C=O) groups is 1. The highest BCUT2D eigenvalue weighted by Gasteiger charge is 2.21. The Labute approximate surface area is 140 Å². The van der Waals surface area contributed by atoms with Crippen LogP contribution >= 0.6 is 0 Å². The van der Waals surface area contributed by atoms with Crippen molar-refractivity contribution < 1.29 is 9.72 Å². The highest BCUT2D eigenvalue weighted by molar-refractivity contribution is 6.08. The van der Waals surface area contributed by atoms with E-state index in [0.29, 0.717) is 11.3 Å². The molecule has 0 saturated carbocycles. The first-order chi connectivity index (χ1) is 11.6. The predicted octanol–water partition coefficient (Wildman–Crippen LogP) is 3.84. The molecular weight excluding hydrogens is 306 g/mol. The van der Waals surface area contributed by atoms with Gasteiger partial charge in [-0.2, -0.15) is 0 Å². The number of nitrogens with zero attached hydrogens (tertiary/aromatic N) is 2. The number of nitro benzene ring substituents is 1. The molecule has 0 aliphatic carbocycles. The van der Waals surface area contributed by atoms with Crippen LogP contribution in [0.1, 0.15) is 29.6 Å². The number of piperidine rings is 1. The van der Waals surface area contributed by atoms with Crippen molar-refractivity contribution in [3.63, 3.8) is 0 Å². The van der Waals surface area contributed by atoms with Crippen LogP contribution in [0.4, 0.5) is 17.1 Å². The van der Waals surface area contributed by atoms with E-state index in [-0.39, 0.29) is 11.6 Å². The summed E-state index contributed by atoms with van der Waals surface area (Å²) in [6.07, 6.45) is 3.31. The highest BCUT2D eigenvalue weighted by atomic mass is 16.6. The second-order valence-corrected chi connectivity index (χ2v) is 5.83. The zero-order valence-corrected chi connectivity index (χ0v) is 13.3. The summed E-state index contributed by atoms with van der Waals surface area (Å²) in [5, 5.41) is 13.9. The average molecular weight is 325 g/mol. The van der Waals surface area contributed by atoms with Gasteiger partial charge in [0.1, 0.15) is 0 Å². The van der Waals surface area contributed by atoms with Crippen LogP contribution < -0.4 is 10.2 Å². The lowest BCUT2D eigenvalue weighted by molar-refractivity contribution is -0.384. The Morgan fingerprint density at radius 3 is 2.42 bits per heavy atom. The van der Waals surface area contributed by atoms with Gasteiger partial charge in [-0.15, -0.1) is 0 Å². The number of anilines is 2. The number of non-ortho nitro benzene ring substituents is 1. The third-order valence-corrected chi connectivity index (χ3v) is 4.16. The van der Waals surface area contributed by atoms with Crippen molar-refractivity contribution in [3.8, 4) is 0 Å². The molecule has 2 aromatic rings. The first kappa shape index (κ1) is 16.0. The molecule has 124 valence electrons. The molecule has 0 radical (unpaired) electrons. The standard InChI is InChI=1S/C18H19N3O3/c22-18(19-14-7-3-1-4-8-14)16-13-15(21(23)24)9-10-17(16)20-11-5-2-6-12-20/h1,3-4,7-10,13H,2,5-6,11-12H2,(H,19,22). The molecule has 1 fully saturated rings. The third-order valence-electron chi connectivity index (χ3n) is 4.16. The van der Waals surface area contributed by atoms with Crippen molar-refractivity contribution in [2.75, 3.05) is 23.3 Å². The second kappa shape index (κ2) is 7.12. The lowest BCUT2D eigenvalue weighted by Gasteiger charge is -2.30. The van der Waals surface area contributed by atoms with E-state index in [9.17, 15) is 14.9 Å². The van der Waals surface area contributed by atoms with Crippen LogP contribution in [0.15, 0.2) is 48.5 Å². The summed E-state index contributed by atoms with van der Waals surface area (Å²) in [5.74, 6) is -0.328. The molecule has 0 atom stereocenters. The summed E-state index contributed by atoms with van der Waals surface area (Å²) in [6, 6.07) is 13.6. The third kappa shape index (κ3) is 3.53. The largest absolute Gasteiger partial charge is 0.371 e. The fourth-order valence-electron chi connectivity index (χ4n) is 2.95. The number of hydrogen-bond acceptors (Lipinski definition) is 4. The molecule has 0 aromatic heterocycles. The first-order valence-corrected chi connectivity index (χ1v) is 8.05. The second-order valence-electron chi connectivity index (χ2n) is 5.83. The Balaban J connectivity index is 1.94. The first-order valence-electron chi connectivity index (χ1n) is 8.05. The zero-order chi connectivity index (χ0) is 16.9. The summed E-state index contributed by atoms with van der Waals surface area (Å²) in [5.41, 5.74) is 1.69. The Bertz CT molecular complexity index is 740. The SMILES string of the molecule is O=C(Nc1ccccc1)c1cc([N+](=O)[O-])ccc1N1CCCCC1. The number of carbonyl (C=O) groups excluding carboxylic acids is 1. The van der Waals surface area contributed by atoms with Gasteiger partial charge in [-0.25, -0.2) is 0 Å². The van der Waals surface area contributed by atoms with Gasteiger partial charge in [0.15, 0.2) is 0 Å². The average Bonchev–Trinajstić information content (AvgIpc) is 2.62. The lowest BCUT2D eigenvalue weighted by atomic mass is 10.1. The summed E-state index contributed by atoms with van der Waals surface area (Å²) >= 11 is 0. The van der Waals surface area contributed by atoms with Crippen molar-refractivity contribution >= 4 is 23.0 Å². The Kier molecular flexibility index (Phi) is 4.74. The number of nitrogens with one attached hydrogen (secondary N) is 1. The minimum atomic E-state index is -0.473. The summed E-state index contributed by atoms with van der Waals surface area (Å²) in [7, 11) is 0. The van der Waals surface area contributed by atoms with Crippen LogP contribution in [0, 0.1) is 10.1 Å². The zero-order valence-electron chi connectivity index (χ0n) is 13.3. The molecule has 0 spiro atoms. The molecule has 24 heavy (non-hydrogen) atoms. The predicted molar refractivity (Wildman–Crippen MR) is 93.6 cm³/mol. The molecule has 0 unspecified atom stereocenters. The molecule has 0 bridgehead atoms. The smallest absolute Gasteiger partial charge is 0.270 e. The normalized spacial score (nSPS) is 14.2. The van der Waals surface area contributed by atoms with Crippen LogP contribution in [0.2, 0.25) is 0 Å². The molecule has 1 amide bonds. The molecule has 3 rings (SSSR count). The quantitative estimate of drug-likeness (QED) is 0.684. The van der Waals surface area contributed by atoms with E-state index >= 15 is 0 Å². The minimum Gasteiger partial charge on any atom is -0.371 e. The van der Waals surface area contributed by atoms with Gasteiger partial charge in [0, 0.05) is 30.9 Å². The van der Waals surface area contributed by atoms with Crippen LogP contribution in [0.5, 0.6) is 0 Å². The topological polar surface area (TPSA) is 75.5 Å². The molecule has 1 aliphatic heterocycles. The molecule has 1 N–H and O–H groups in total. The van der Waals surface area contributed by atoms with Gasteiger partial charge in [-0.1, -0.05) is 18.2 Å². The Hall–Kier alpha value is -2.89. The van der Waals surface area contributed by atoms with E-state index < -0.39 is 4.92 Å². The number of rotatable bonds is 4. The maximum absolute atomic E-state index is 12.7. The van der Waals surface area contributed by atoms with Crippen molar-refractivity contribution in [1.82, 2.24) is 0 Å². The molecule has 1 heterocycles. The maximum Gasteiger partial charge on any atom is 0.270 e. The summed E-state index contributed by atoms with van der Waals surface area (Å²) < 4.78 is 0. The maximum atomic E-state index is 12.7. The van der Waals surface area contributed by atoms with Gasteiger partial charge < -0.3 is 10.2 Å². The number of nitro groups is 1. The van der Waals surface area contributed by atoms with Crippen LogP contribution in [0.25, 0.3) is 0 Å². The Morgan fingerprint density at radius 2 is 1.75 bits per heavy atom. The van der Waals surface area contributed by atoms with E-state index in [1.807, 2.05) is 18.2 Å². The molecule has 1 saturated heterocycles. The fraction of sp³-hybridized carbons (Fsp3) is 0.278. The van der Waals surface area contributed by atoms with Gasteiger partial charge in [0.05, 0.1) is 16.2 Å². The van der Waals surface area contributed by atoms with Crippen molar-refractivity contribution in [1.29, 1.82) is 0 Å². The molecule has 1 aliphatic rings. The van der Waals surface area contributed by atoms with E-state index in [4.69, 9.17) is 0 Å². The van der Waals surface area contributed by atoms with Crippen LogP contribution in [0.3, 0.4) is 0 Å². The van der Waals surface area contributed by atoms with Gasteiger partial charge in [-0.05, 0) is 37.5 Å². The van der Waals surface area contributed by atoms with E-state index in [0.717, 1.165) is 31.6 Å². The van der Waals surface area contributed by atoms with E-state index in [2.05, 4.69) is 10.2 Å². The van der Waals surface area contributed by atoms with Gasteiger partial charge in [0.2, 0.25) is 0 Å². The lowest BCUT2D eigenvalue weighted by Crippen LogP contribution is -2.31. The molecular formula is C18H19N3O3. The van der Waals surface area contributed by atoms with Gasteiger partial charge in [0.25, 0.3) is 11.6 Å². The number of hydrogen-bond donors (Lipinski definition) is 1. The van der Waals surface area contributed by atoms with E-state index in [1.165, 1.54) is 18.6 Å². The molecule has 6 heteroatoms. The van der Waals surface area contributed by atoms with Crippen LogP contribution in [-0.2, 0) is 0 Å². The Morgan fingerprint density at radius 1 is 1.04 bits per heavy atom. The van der Waals surface area contributed by atoms with Crippen LogP contribution in [-0.4, -0.2) is 23.9 Å². The monoisotopic (exact) mass is 325 g/mol. The highest BCUT2D eigenvalue weighted by Crippen LogP contribution is 2.28. The van der Waals surface area contributed by atoms with Crippen molar-refractivity contribution in [2.24, 2.45) is 0 Å². The van der Waals surface area contributed by atoms with Crippen molar-refractivity contribution in [2.45, 2.75) is 19.3 Å². The van der Waals surface area contributed by atoms with E-state index in [1.54, 1.807) is 18.2 Å². The minimum absolute atomic E-state index is 0.0750. The summed E-state index contributed by atoms with van der Waals surface area (Å²) in [4.78, 5) is 25.4. The van der Waals surface area contributed by atoms with Crippen molar-refractivity contribution in [3.05, 3.63) is 64.2 Å². The number of amides is 1. The number of para-hydroxylation sites is 1. The molecule has 2 aromatic carbocycles.